The Morgan fingerprint density at radius 3 is 2.68 bits per heavy atom. The molecule has 1 aliphatic rings. The second-order valence-corrected chi connectivity index (χ2v) is 5.22. The van der Waals surface area contributed by atoms with Crippen molar-refractivity contribution in [1.29, 1.82) is 0 Å². The van der Waals surface area contributed by atoms with E-state index in [1.165, 1.54) is 12.8 Å². The van der Waals surface area contributed by atoms with Gasteiger partial charge in [0.15, 0.2) is 0 Å². The van der Waals surface area contributed by atoms with Crippen LogP contribution in [0.25, 0.3) is 0 Å². The zero-order valence-electron chi connectivity index (χ0n) is 11.9. The van der Waals surface area contributed by atoms with Crippen molar-refractivity contribution in [2.45, 2.75) is 51.6 Å². The summed E-state index contributed by atoms with van der Waals surface area (Å²) in [5.41, 5.74) is 0.767. The Morgan fingerprint density at radius 1 is 1.47 bits per heavy atom. The van der Waals surface area contributed by atoms with Gasteiger partial charge in [-0.3, -0.25) is 4.79 Å². The van der Waals surface area contributed by atoms with Gasteiger partial charge in [0, 0.05) is 24.8 Å². The average Bonchev–Trinajstić information content (AvgIpc) is 3.15. The van der Waals surface area contributed by atoms with E-state index in [1.807, 2.05) is 23.2 Å². The monoisotopic (exact) mass is 264 g/mol. The van der Waals surface area contributed by atoms with Gasteiger partial charge in [0.05, 0.1) is 6.61 Å². The lowest BCUT2D eigenvalue weighted by molar-refractivity contribution is 0.0611. The zero-order valence-corrected chi connectivity index (χ0v) is 11.9. The van der Waals surface area contributed by atoms with E-state index in [9.17, 15) is 9.90 Å². The Balaban J connectivity index is 2.20. The van der Waals surface area contributed by atoms with Crippen molar-refractivity contribution in [2.24, 2.45) is 0 Å². The molecule has 1 amide bonds. The van der Waals surface area contributed by atoms with Crippen LogP contribution in [0.4, 0.5) is 0 Å². The summed E-state index contributed by atoms with van der Waals surface area (Å²) in [7, 11) is 0. The second kappa shape index (κ2) is 6.24. The van der Waals surface area contributed by atoms with Crippen molar-refractivity contribution in [2.75, 3.05) is 13.2 Å². The predicted octanol–water partition coefficient (Wildman–Crippen LogP) is 2.45. The molecule has 2 rings (SSSR count). The van der Waals surface area contributed by atoms with Gasteiger partial charge in [-0.1, -0.05) is 13.8 Å². The van der Waals surface area contributed by atoms with Crippen molar-refractivity contribution < 1.29 is 9.90 Å². The van der Waals surface area contributed by atoms with E-state index < -0.39 is 0 Å². The third-order valence-electron chi connectivity index (χ3n) is 3.92. The van der Waals surface area contributed by atoms with Crippen LogP contribution in [0, 0.1) is 0 Å². The minimum Gasteiger partial charge on any atom is -0.395 e. The molecule has 0 atom stereocenters. The fraction of sp³-hybridized carbons (Fsp3) is 0.667. The maximum absolute atomic E-state index is 12.7. The fourth-order valence-electron chi connectivity index (χ4n) is 2.68. The molecule has 0 unspecified atom stereocenters. The summed E-state index contributed by atoms with van der Waals surface area (Å²) in [6.07, 6.45) is 6.17. The lowest BCUT2D eigenvalue weighted by Crippen LogP contribution is -2.42. The van der Waals surface area contributed by atoms with Gasteiger partial charge in [-0.15, -0.1) is 0 Å². The minimum atomic E-state index is 0.0202. The van der Waals surface area contributed by atoms with Crippen molar-refractivity contribution in [3.8, 4) is 0 Å². The maximum atomic E-state index is 12.7. The van der Waals surface area contributed by atoms with Crippen LogP contribution >= 0.6 is 0 Å². The largest absolute Gasteiger partial charge is 0.395 e. The molecule has 1 aromatic rings. The molecule has 0 saturated heterocycles. The Bertz CT molecular complexity index is 420. The number of nitrogens with zero attached hydrogens (tertiary/aromatic N) is 2. The molecule has 4 heteroatoms. The molecule has 4 nitrogen and oxygen atoms in total. The first-order valence-electron chi connectivity index (χ1n) is 7.31. The first-order valence-corrected chi connectivity index (χ1v) is 7.31. The highest BCUT2D eigenvalue weighted by Crippen LogP contribution is 2.36. The highest BCUT2D eigenvalue weighted by Gasteiger charge is 2.29. The molecule has 0 aliphatic heterocycles. The number of rotatable bonds is 7. The SMILES string of the molecule is CCC(CC)N(CCO)C(=O)c1cccn1C1CC1. The highest BCUT2D eigenvalue weighted by atomic mass is 16.3. The first kappa shape index (κ1) is 14.1. The molecule has 1 N–H and O–H groups in total. The van der Waals surface area contributed by atoms with Crippen molar-refractivity contribution >= 4 is 5.91 Å². The van der Waals surface area contributed by atoms with Gasteiger partial charge in [-0.25, -0.2) is 0 Å². The molecular weight excluding hydrogens is 240 g/mol. The summed E-state index contributed by atoms with van der Waals surface area (Å²) in [6.45, 7) is 4.62. The summed E-state index contributed by atoms with van der Waals surface area (Å²) in [6, 6.07) is 4.55. The number of carbonyl (C=O) groups is 1. The van der Waals surface area contributed by atoms with Crippen LogP contribution in [0.1, 0.15) is 56.1 Å². The van der Waals surface area contributed by atoms with Crippen LogP contribution in [0.3, 0.4) is 0 Å². The summed E-state index contributed by atoms with van der Waals surface area (Å²) in [4.78, 5) is 14.5. The average molecular weight is 264 g/mol. The molecule has 19 heavy (non-hydrogen) atoms. The van der Waals surface area contributed by atoms with E-state index in [1.54, 1.807) is 0 Å². The predicted molar refractivity (Wildman–Crippen MR) is 75.2 cm³/mol. The maximum Gasteiger partial charge on any atom is 0.270 e. The summed E-state index contributed by atoms with van der Waals surface area (Å²) >= 11 is 0. The molecule has 1 aliphatic carbocycles. The second-order valence-electron chi connectivity index (χ2n) is 5.22. The van der Waals surface area contributed by atoms with Gasteiger partial charge in [0.25, 0.3) is 5.91 Å². The van der Waals surface area contributed by atoms with Crippen LogP contribution in [-0.2, 0) is 0 Å². The third-order valence-corrected chi connectivity index (χ3v) is 3.92. The third kappa shape index (κ3) is 3.00. The van der Waals surface area contributed by atoms with Crippen LogP contribution in [0.5, 0.6) is 0 Å². The molecular formula is C15H24N2O2. The smallest absolute Gasteiger partial charge is 0.270 e. The van der Waals surface area contributed by atoms with Gasteiger partial charge in [0.1, 0.15) is 5.69 Å². The Kier molecular flexibility index (Phi) is 4.64. The lowest BCUT2D eigenvalue weighted by Gasteiger charge is -2.30. The molecule has 1 fully saturated rings. The molecule has 1 aromatic heterocycles. The van der Waals surface area contributed by atoms with E-state index >= 15 is 0 Å². The Hall–Kier alpha value is -1.29. The number of aromatic nitrogens is 1. The molecule has 0 radical (unpaired) electrons. The molecule has 1 saturated carbocycles. The fourth-order valence-corrected chi connectivity index (χ4v) is 2.68. The first-order chi connectivity index (χ1) is 9.22. The molecule has 1 heterocycles. The van der Waals surface area contributed by atoms with E-state index in [0.717, 1.165) is 18.5 Å². The molecule has 0 spiro atoms. The van der Waals surface area contributed by atoms with Gasteiger partial charge in [0.2, 0.25) is 0 Å². The highest BCUT2D eigenvalue weighted by molar-refractivity contribution is 5.93. The van der Waals surface area contributed by atoms with Gasteiger partial charge < -0.3 is 14.6 Å². The lowest BCUT2D eigenvalue weighted by atomic mass is 10.1. The summed E-state index contributed by atoms with van der Waals surface area (Å²) in [5.74, 6) is 0.0552. The number of hydrogen-bond donors (Lipinski definition) is 1. The number of aliphatic hydroxyl groups is 1. The van der Waals surface area contributed by atoms with Gasteiger partial charge >= 0.3 is 0 Å². The number of hydrogen-bond acceptors (Lipinski definition) is 2. The van der Waals surface area contributed by atoms with Crippen LogP contribution in [-0.4, -0.2) is 39.7 Å². The zero-order chi connectivity index (χ0) is 13.8. The van der Waals surface area contributed by atoms with E-state index in [0.29, 0.717) is 12.6 Å². The van der Waals surface area contributed by atoms with Crippen LogP contribution in [0.15, 0.2) is 18.3 Å². The van der Waals surface area contributed by atoms with Crippen molar-refractivity contribution in [3.63, 3.8) is 0 Å². The quantitative estimate of drug-likeness (QED) is 0.822. The van der Waals surface area contributed by atoms with Crippen molar-refractivity contribution in [3.05, 3.63) is 24.0 Å². The summed E-state index contributed by atoms with van der Waals surface area (Å²) < 4.78 is 2.09. The van der Waals surface area contributed by atoms with E-state index in [-0.39, 0.29) is 18.6 Å². The topological polar surface area (TPSA) is 45.5 Å². The molecule has 106 valence electrons. The van der Waals surface area contributed by atoms with Crippen LogP contribution < -0.4 is 0 Å². The van der Waals surface area contributed by atoms with Crippen LogP contribution in [0.2, 0.25) is 0 Å². The van der Waals surface area contributed by atoms with Crippen molar-refractivity contribution in [1.82, 2.24) is 9.47 Å². The number of carbonyl (C=O) groups excluding carboxylic acids is 1. The number of amides is 1. The normalized spacial score (nSPS) is 14.9. The Morgan fingerprint density at radius 2 is 2.16 bits per heavy atom. The van der Waals surface area contributed by atoms with Gasteiger partial charge in [-0.2, -0.15) is 0 Å². The van der Waals surface area contributed by atoms with E-state index in [2.05, 4.69) is 18.4 Å². The number of aliphatic hydroxyl groups excluding tert-OH is 1. The minimum absolute atomic E-state index is 0.0202. The summed E-state index contributed by atoms with van der Waals surface area (Å²) in [5, 5.41) is 9.21. The molecule has 0 aromatic carbocycles. The standard InChI is InChI=1S/C15H24N2O2/c1-3-12(4-2)17(10-11-18)15(19)14-6-5-9-16(14)13-7-8-13/h5-6,9,12-13,18H,3-4,7-8,10-11H2,1-2H3. The molecule has 0 bridgehead atoms. The van der Waals surface area contributed by atoms with E-state index in [4.69, 9.17) is 0 Å². The van der Waals surface area contributed by atoms with Gasteiger partial charge in [-0.05, 0) is 37.8 Å². The Labute approximate surface area is 115 Å².